The van der Waals surface area contributed by atoms with Gasteiger partial charge in [-0.1, -0.05) is 5.57 Å². The standard InChI is InChI=1S/C10H18N2/c1-11-5-3-9-4-6-12(2)8-10(9)7-11/h3-8H2,1-2H3. The third-order valence-electron chi connectivity index (χ3n) is 3.01. The van der Waals surface area contributed by atoms with E-state index in [9.17, 15) is 0 Å². The van der Waals surface area contributed by atoms with E-state index in [1.165, 1.54) is 39.0 Å². The molecule has 0 saturated carbocycles. The zero-order valence-corrected chi connectivity index (χ0v) is 8.14. The Morgan fingerprint density at radius 2 is 1.33 bits per heavy atom. The maximum absolute atomic E-state index is 2.43. The smallest absolute Gasteiger partial charge is 0.0205 e. The van der Waals surface area contributed by atoms with Crippen LogP contribution in [0.1, 0.15) is 12.8 Å². The molecule has 0 N–H and O–H groups in total. The summed E-state index contributed by atoms with van der Waals surface area (Å²) in [5.74, 6) is 0. The van der Waals surface area contributed by atoms with Gasteiger partial charge in [0.1, 0.15) is 0 Å². The maximum atomic E-state index is 2.43. The van der Waals surface area contributed by atoms with Crippen molar-refractivity contribution in [3.8, 4) is 0 Å². The minimum atomic E-state index is 1.21. The van der Waals surface area contributed by atoms with E-state index in [2.05, 4.69) is 23.9 Å². The summed E-state index contributed by atoms with van der Waals surface area (Å²) in [6.45, 7) is 4.95. The summed E-state index contributed by atoms with van der Waals surface area (Å²) in [5, 5.41) is 0. The Balaban J connectivity index is 2.11. The first-order valence-corrected chi connectivity index (χ1v) is 4.82. The van der Waals surface area contributed by atoms with Crippen LogP contribution in [0, 0.1) is 0 Å². The van der Waals surface area contributed by atoms with Gasteiger partial charge in [-0.2, -0.15) is 0 Å². The predicted octanol–water partition coefficient (Wildman–Crippen LogP) is 0.954. The lowest BCUT2D eigenvalue weighted by Crippen LogP contribution is -2.37. The summed E-state index contributed by atoms with van der Waals surface area (Å²) in [4.78, 5) is 4.86. The Hall–Kier alpha value is -0.340. The summed E-state index contributed by atoms with van der Waals surface area (Å²) in [6, 6.07) is 0. The highest BCUT2D eigenvalue weighted by atomic mass is 15.1. The molecule has 2 heteroatoms. The lowest BCUT2D eigenvalue weighted by atomic mass is 9.94. The summed E-state index contributed by atoms with van der Waals surface area (Å²) in [6.07, 6.45) is 2.64. The molecule has 0 aliphatic carbocycles. The number of hydrogen-bond donors (Lipinski definition) is 0. The first kappa shape index (κ1) is 8.27. The number of nitrogens with zero attached hydrogens (tertiary/aromatic N) is 2. The molecule has 0 atom stereocenters. The second-order valence-corrected chi connectivity index (χ2v) is 4.18. The van der Waals surface area contributed by atoms with Crippen LogP contribution >= 0.6 is 0 Å². The molecule has 68 valence electrons. The zero-order chi connectivity index (χ0) is 8.55. The van der Waals surface area contributed by atoms with Crippen LogP contribution < -0.4 is 0 Å². The Morgan fingerprint density at radius 3 is 1.83 bits per heavy atom. The largest absolute Gasteiger partial charge is 0.302 e. The molecule has 0 bridgehead atoms. The molecule has 0 spiro atoms. The van der Waals surface area contributed by atoms with E-state index in [-0.39, 0.29) is 0 Å². The van der Waals surface area contributed by atoms with Gasteiger partial charge in [0, 0.05) is 26.2 Å². The maximum Gasteiger partial charge on any atom is 0.0205 e. The van der Waals surface area contributed by atoms with Crippen LogP contribution in [-0.4, -0.2) is 50.1 Å². The van der Waals surface area contributed by atoms with E-state index in [0.29, 0.717) is 0 Å². The van der Waals surface area contributed by atoms with Gasteiger partial charge in [0.2, 0.25) is 0 Å². The zero-order valence-electron chi connectivity index (χ0n) is 8.14. The van der Waals surface area contributed by atoms with Gasteiger partial charge >= 0.3 is 0 Å². The van der Waals surface area contributed by atoms with Crippen LogP contribution in [0.25, 0.3) is 0 Å². The molecule has 0 saturated heterocycles. The monoisotopic (exact) mass is 166 g/mol. The molecule has 2 aliphatic rings. The highest BCUT2D eigenvalue weighted by molar-refractivity contribution is 5.23. The third kappa shape index (κ3) is 1.54. The molecule has 0 amide bonds. The summed E-state index contributed by atoms with van der Waals surface area (Å²) >= 11 is 0. The van der Waals surface area contributed by atoms with Crippen LogP contribution in [-0.2, 0) is 0 Å². The van der Waals surface area contributed by atoms with Gasteiger partial charge in [0.15, 0.2) is 0 Å². The van der Waals surface area contributed by atoms with E-state index in [0.717, 1.165) is 0 Å². The Morgan fingerprint density at radius 1 is 0.833 bits per heavy atom. The van der Waals surface area contributed by atoms with Crippen LogP contribution in [0.4, 0.5) is 0 Å². The van der Waals surface area contributed by atoms with Crippen LogP contribution in [0.3, 0.4) is 0 Å². The van der Waals surface area contributed by atoms with Crippen molar-refractivity contribution >= 4 is 0 Å². The van der Waals surface area contributed by atoms with Crippen molar-refractivity contribution in [3.63, 3.8) is 0 Å². The van der Waals surface area contributed by atoms with Crippen LogP contribution in [0.5, 0.6) is 0 Å². The SMILES string of the molecule is CN1CCC2=C(C1)CN(C)CC2. The van der Waals surface area contributed by atoms with E-state index < -0.39 is 0 Å². The van der Waals surface area contributed by atoms with Crippen LogP contribution in [0.2, 0.25) is 0 Å². The highest BCUT2D eigenvalue weighted by Gasteiger charge is 2.20. The van der Waals surface area contributed by atoms with Crippen molar-refractivity contribution in [2.45, 2.75) is 12.8 Å². The van der Waals surface area contributed by atoms with Crippen molar-refractivity contribution in [1.29, 1.82) is 0 Å². The van der Waals surface area contributed by atoms with Crippen molar-refractivity contribution in [2.75, 3.05) is 40.3 Å². The molecule has 0 aromatic heterocycles. The highest BCUT2D eigenvalue weighted by Crippen LogP contribution is 2.24. The fourth-order valence-electron chi connectivity index (χ4n) is 2.21. The van der Waals surface area contributed by atoms with Gasteiger partial charge in [-0.15, -0.1) is 0 Å². The molecule has 0 aromatic rings. The van der Waals surface area contributed by atoms with Gasteiger partial charge in [-0.3, -0.25) is 0 Å². The molecule has 2 aliphatic heterocycles. The minimum absolute atomic E-state index is 1.21. The molecule has 0 radical (unpaired) electrons. The molecule has 2 rings (SSSR count). The second kappa shape index (κ2) is 3.19. The fourth-order valence-corrected chi connectivity index (χ4v) is 2.21. The molecule has 2 heterocycles. The van der Waals surface area contributed by atoms with Gasteiger partial charge in [-0.25, -0.2) is 0 Å². The second-order valence-electron chi connectivity index (χ2n) is 4.18. The number of rotatable bonds is 0. The molecule has 12 heavy (non-hydrogen) atoms. The van der Waals surface area contributed by atoms with Gasteiger partial charge in [0.25, 0.3) is 0 Å². The lowest BCUT2D eigenvalue weighted by molar-refractivity contribution is 0.282. The van der Waals surface area contributed by atoms with Crippen molar-refractivity contribution in [2.24, 2.45) is 0 Å². The molecule has 0 unspecified atom stereocenters. The minimum Gasteiger partial charge on any atom is -0.302 e. The number of likely N-dealkylation sites (N-methyl/N-ethyl adjacent to an activating group) is 2. The molecule has 0 aromatic carbocycles. The van der Waals surface area contributed by atoms with E-state index in [1.54, 1.807) is 11.1 Å². The Labute approximate surface area is 74.8 Å². The third-order valence-corrected chi connectivity index (χ3v) is 3.01. The van der Waals surface area contributed by atoms with Gasteiger partial charge in [-0.05, 0) is 32.5 Å². The van der Waals surface area contributed by atoms with E-state index >= 15 is 0 Å². The summed E-state index contributed by atoms with van der Waals surface area (Å²) in [5.41, 5.74) is 3.45. The van der Waals surface area contributed by atoms with Crippen molar-refractivity contribution in [1.82, 2.24) is 9.80 Å². The van der Waals surface area contributed by atoms with E-state index in [1.807, 2.05) is 0 Å². The number of hydrogen-bond acceptors (Lipinski definition) is 2. The quantitative estimate of drug-likeness (QED) is 0.494. The Bertz CT molecular complexity index is 188. The average Bonchev–Trinajstić information content (AvgIpc) is 2.03. The van der Waals surface area contributed by atoms with Crippen molar-refractivity contribution < 1.29 is 0 Å². The topological polar surface area (TPSA) is 6.48 Å². The summed E-state index contributed by atoms with van der Waals surface area (Å²) in [7, 11) is 4.44. The van der Waals surface area contributed by atoms with Gasteiger partial charge in [0.05, 0.1) is 0 Å². The Kier molecular flexibility index (Phi) is 2.20. The molecule has 0 fully saturated rings. The van der Waals surface area contributed by atoms with E-state index in [4.69, 9.17) is 0 Å². The molecular weight excluding hydrogens is 148 g/mol. The first-order valence-electron chi connectivity index (χ1n) is 4.82. The first-order chi connectivity index (χ1) is 5.75. The molecule has 2 nitrogen and oxygen atoms in total. The molecular formula is C10H18N2. The normalized spacial score (nSPS) is 27.5. The summed E-state index contributed by atoms with van der Waals surface area (Å²) < 4.78 is 0. The lowest BCUT2D eigenvalue weighted by Gasteiger charge is -2.34. The average molecular weight is 166 g/mol. The predicted molar refractivity (Wildman–Crippen MR) is 51.3 cm³/mol. The van der Waals surface area contributed by atoms with Crippen LogP contribution in [0.15, 0.2) is 11.1 Å². The fraction of sp³-hybridized carbons (Fsp3) is 0.800. The van der Waals surface area contributed by atoms with Gasteiger partial charge < -0.3 is 9.80 Å². The van der Waals surface area contributed by atoms with Crippen molar-refractivity contribution in [3.05, 3.63) is 11.1 Å².